The molecule has 1 aromatic carbocycles. The van der Waals surface area contributed by atoms with Crippen molar-refractivity contribution in [2.75, 3.05) is 30.9 Å². The number of rotatable bonds is 3. The Morgan fingerprint density at radius 3 is 2.75 bits per heavy atom. The minimum Gasteiger partial charge on any atom is -0.496 e. The van der Waals surface area contributed by atoms with Crippen LogP contribution in [0.4, 0.5) is 5.69 Å². The summed E-state index contributed by atoms with van der Waals surface area (Å²) in [6.07, 6.45) is 1.19. The van der Waals surface area contributed by atoms with Gasteiger partial charge in [0.05, 0.1) is 7.11 Å². The van der Waals surface area contributed by atoms with Crippen LogP contribution in [0.15, 0.2) is 18.2 Å². The van der Waals surface area contributed by atoms with Crippen molar-refractivity contribution in [2.45, 2.75) is 38.0 Å². The van der Waals surface area contributed by atoms with Crippen LogP contribution in [0.3, 0.4) is 0 Å². The SMILES string of the molecule is COc1cccc(N2CCSC(C)(C)CC2)c1[C@@H](C)N. The van der Waals surface area contributed by atoms with E-state index in [2.05, 4.69) is 42.6 Å². The van der Waals surface area contributed by atoms with Gasteiger partial charge in [-0.05, 0) is 25.5 Å². The Morgan fingerprint density at radius 2 is 2.10 bits per heavy atom. The van der Waals surface area contributed by atoms with E-state index < -0.39 is 0 Å². The largest absolute Gasteiger partial charge is 0.496 e. The number of methoxy groups -OCH3 is 1. The maximum Gasteiger partial charge on any atom is 0.125 e. The zero-order chi connectivity index (χ0) is 14.8. The van der Waals surface area contributed by atoms with Crippen LogP contribution < -0.4 is 15.4 Å². The van der Waals surface area contributed by atoms with Crippen molar-refractivity contribution in [1.29, 1.82) is 0 Å². The third-order valence-corrected chi connectivity index (χ3v) is 5.27. The summed E-state index contributed by atoms with van der Waals surface area (Å²) in [7, 11) is 1.71. The van der Waals surface area contributed by atoms with Gasteiger partial charge >= 0.3 is 0 Å². The monoisotopic (exact) mass is 294 g/mol. The second-order valence-corrected chi connectivity index (χ2v) is 7.83. The highest BCUT2D eigenvalue weighted by Crippen LogP contribution is 2.37. The van der Waals surface area contributed by atoms with Gasteiger partial charge in [0, 0.05) is 40.9 Å². The molecule has 1 fully saturated rings. The van der Waals surface area contributed by atoms with E-state index in [0.717, 1.165) is 30.2 Å². The van der Waals surface area contributed by atoms with Crippen molar-refractivity contribution in [3.8, 4) is 5.75 Å². The van der Waals surface area contributed by atoms with Gasteiger partial charge in [0.1, 0.15) is 5.75 Å². The second-order valence-electron chi connectivity index (χ2n) is 6.03. The van der Waals surface area contributed by atoms with Gasteiger partial charge in [-0.2, -0.15) is 11.8 Å². The lowest BCUT2D eigenvalue weighted by Gasteiger charge is -2.28. The van der Waals surface area contributed by atoms with Gasteiger partial charge in [-0.15, -0.1) is 0 Å². The first-order valence-corrected chi connectivity index (χ1v) is 8.24. The number of nitrogens with zero attached hydrogens (tertiary/aromatic N) is 1. The highest BCUT2D eigenvalue weighted by molar-refractivity contribution is 8.00. The molecule has 1 saturated heterocycles. The third kappa shape index (κ3) is 3.41. The van der Waals surface area contributed by atoms with Crippen LogP contribution in [-0.2, 0) is 0 Å². The highest BCUT2D eigenvalue weighted by atomic mass is 32.2. The van der Waals surface area contributed by atoms with Crippen LogP contribution in [-0.4, -0.2) is 30.7 Å². The van der Waals surface area contributed by atoms with E-state index in [1.165, 1.54) is 12.1 Å². The molecule has 112 valence electrons. The fourth-order valence-electron chi connectivity index (χ4n) is 2.71. The molecule has 0 aliphatic carbocycles. The van der Waals surface area contributed by atoms with Crippen molar-refractivity contribution in [1.82, 2.24) is 0 Å². The van der Waals surface area contributed by atoms with Gasteiger partial charge in [0.15, 0.2) is 0 Å². The molecule has 0 unspecified atom stereocenters. The fourth-order valence-corrected chi connectivity index (χ4v) is 3.80. The zero-order valence-corrected chi connectivity index (χ0v) is 13.8. The molecule has 0 saturated carbocycles. The Hall–Kier alpha value is -0.870. The van der Waals surface area contributed by atoms with Gasteiger partial charge in [-0.3, -0.25) is 0 Å². The maximum absolute atomic E-state index is 6.18. The molecule has 4 heteroatoms. The molecule has 0 spiro atoms. The van der Waals surface area contributed by atoms with Crippen LogP contribution in [0.25, 0.3) is 0 Å². The second kappa shape index (κ2) is 6.27. The van der Waals surface area contributed by atoms with E-state index in [1.54, 1.807) is 7.11 Å². The van der Waals surface area contributed by atoms with E-state index in [4.69, 9.17) is 10.5 Å². The van der Waals surface area contributed by atoms with Gasteiger partial charge in [0.25, 0.3) is 0 Å². The van der Waals surface area contributed by atoms with Crippen molar-refractivity contribution in [3.05, 3.63) is 23.8 Å². The average Bonchev–Trinajstić information content (AvgIpc) is 2.58. The minimum atomic E-state index is -0.0231. The van der Waals surface area contributed by atoms with Crippen LogP contribution in [0.2, 0.25) is 0 Å². The predicted molar refractivity (Wildman–Crippen MR) is 89.0 cm³/mol. The predicted octanol–water partition coefficient (Wildman–Crippen LogP) is 3.44. The molecular formula is C16H26N2OS. The lowest BCUT2D eigenvalue weighted by atomic mass is 10.0. The molecular weight excluding hydrogens is 268 g/mol. The molecule has 0 radical (unpaired) electrons. The smallest absolute Gasteiger partial charge is 0.125 e. The van der Waals surface area contributed by atoms with Gasteiger partial charge in [-0.25, -0.2) is 0 Å². The van der Waals surface area contributed by atoms with E-state index >= 15 is 0 Å². The molecule has 2 rings (SSSR count). The summed E-state index contributed by atoms with van der Waals surface area (Å²) in [5.41, 5.74) is 8.54. The summed E-state index contributed by atoms with van der Waals surface area (Å²) in [5.74, 6) is 2.05. The number of thioether (sulfide) groups is 1. The van der Waals surface area contributed by atoms with E-state index in [9.17, 15) is 0 Å². The molecule has 1 atom stereocenters. The van der Waals surface area contributed by atoms with Gasteiger partial charge in [0.2, 0.25) is 0 Å². The molecule has 20 heavy (non-hydrogen) atoms. The molecule has 1 aromatic rings. The molecule has 1 aliphatic heterocycles. The van der Waals surface area contributed by atoms with Crippen LogP contribution in [0.1, 0.15) is 38.8 Å². The standard InChI is InChI=1S/C16H26N2OS/c1-12(17)15-13(6-5-7-14(15)19-4)18-9-8-16(2,3)20-11-10-18/h5-7,12H,8-11,17H2,1-4H3/t12-/m1/s1. The van der Waals surface area contributed by atoms with Crippen molar-refractivity contribution in [3.63, 3.8) is 0 Å². The van der Waals surface area contributed by atoms with E-state index in [1.807, 2.05) is 13.0 Å². The average molecular weight is 294 g/mol. The quantitative estimate of drug-likeness (QED) is 0.927. The minimum absolute atomic E-state index is 0.0231. The number of nitrogens with two attached hydrogens (primary N) is 1. The van der Waals surface area contributed by atoms with Crippen molar-refractivity contribution in [2.24, 2.45) is 5.73 Å². The summed E-state index contributed by atoms with van der Waals surface area (Å²) in [5, 5.41) is 0. The van der Waals surface area contributed by atoms with Gasteiger partial charge < -0.3 is 15.4 Å². The first-order chi connectivity index (χ1) is 9.44. The fraction of sp³-hybridized carbons (Fsp3) is 0.625. The Labute approximate surface area is 126 Å². The molecule has 1 heterocycles. The zero-order valence-electron chi connectivity index (χ0n) is 13.0. The number of anilines is 1. The summed E-state index contributed by atoms with van der Waals surface area (Å²) < 4.78 is 5.86. The Morgan fingerprint density at radius 1 is 1.35 bits per heavy atom. The summed E-state index contributed by atoms with van der Waals surface area (Å²) in [6.45, 7) is 8.84. The Bertz CT molecular complexity index is 460. The Balaban J connectivity index is 2.32. The summed E-state index contributed by atoms with van der Waals surface area (Å²) >= 11 is 2.06. The summed E-state index contributed by atoms with van der Waals surface area (Å²) in [4.78, 5) is 2.46. The number of benzene rings is 1. The molecule has 1 aliphatic rings. The lowest BCUT2D eigenvalue weighted by molar-refractivity contribution is 0.407. The number of hydrogen-bond donors (Lipinski definition) is 1. The molecule has 0 amide bonds. The summed E-state index contributed by atoms with van der Waals surface area (Å²) in [6, 6.07) is 6.21. The number of ether oxygens (including phenoxy) is 1. The number of hydrogen-bond acceptors (Lipinski definition) is 4. The van der Waals surface area contributed by atoms with E-state index in [0.29, 0.717) is 4.75 Å². The molecule has 0 aromatic heterocycles. The Kier molecular flexibility index (Phi) is 4.86. The normalized spacial score (nSPS) is 20.4. The molecule has 2 N–H and O–H groups in total. The first kappa shape index (κ1) is 15.5. The lowest BCUT2D eigenvalue weighted by Crippen LogP contribution is -2.29. The van der Waals surface area contributed by atoms with Crippen LogP contribution in [0.5, 0.6) is 5.75 Å². The topological polar surface area (TPSA) is 38.5 Å². The van der Waals surface area contributed by atoms with E-state index in [-0.39, 0.29) is 6.04 Å². The molecule has 3 nitrogen and oxygen atoms in total. The molecule has 0 bridgehead atoms. The first-order valence-electron chi connectivity index (χ1n) is 7.26. The van der Waals surface area contributed by atoms with Crippen LogP contribution >= 0.6 is 11.8 Å². The highest BCUT2D eigenvalue weighted by Gasteiger charge is 2.26. The van der Waals surface area contributed by atoms with Crippen LogP contribution in [0, 0.1) is 0 Å². The third-order valence-electron chi connectivity index (χ3n) is 3.90. The van der Waals surface area contributed by atoms with Crippen molar-refractivity contribution < 1.29 is 4.74 Å². The van der Waals surface area contributed by atoms with Crippen molar-refractivity contribution >= 4 is 17.4 Å². The van der Waals surface area contributed by atoms with Gasteiger partial charge in [-0.1, -0.05) is 19.9 Å². The maximum atomic E-state index is 6.18.